The van der Waals surface area contributed by atoms with E-state index in [1.807, 2.05) is 53.4 Å². The van der Waals surface area contributed by atoms with E-state index in [0.29, 0.717) is 43.0 Å². The van der Waals surface area contributed by atoms with E-state index in [1.165, 1.54) is 6.20 Å². The Balaban J connectivity index is 1.20. The van der Waals surface area contributed by atoms with Crippen molar-refractivity contribution in [1.82, 2.24) is 24.6 Å². The number of rotatable bonds is 5. The molecular formula is C26H25N5O4. The summed E-state index contributed by atoms with van der Waals surface area (Å²) in [4.78, 5) is 35.2. The number of hydrogen-bond acceptors (Lipinski definition) is 6. The van der Waals surface area contributed by atoms with E-state index in [-0.39, 0.29) is 23.9 Å². The van der Waals surface area contributed by atoms with Gasteiger partial charge in [-0.2, -0.15) is 5.10 Å². The molecule has 0 spiro atoms. The number of amides is 1. The molecule has 1 N–H and O–H groups in total. The van der Waals surface area contributed by atoms with Crippen molar-refractivity contribution in [1.29, 1.82) is 0 Å². The van der Waals surface area contributed by atoms with Gasteiger partial charge in [0.15, 0.2) is 17.1 Å². The first-order chi connectivity index (χ1) is 17.2. The van der Waals surface area contributed by atoms with Crippen molar-refractivity contribution >= 4 is 16.9 Å². The molecule has 0 unspecified atom stereocenters. The summed E-state index contributed by atoms with van der Waals surface area (Å²) >= 11 is 0. The summed E-state index contributed by atoms with van der Waals surface area (Å²) in [6.07, 6.45) is 3.97. The van der Waals surface area contributed by atoms with Crippen LogP contribution in [0.4, 0.5) is 0 Å². The standard InChI is InChI=1S/C26H25N5O4/c32-24(30-12-4-7-20(30)17-8-9-21-22(15-17)35-14-13-34-21)11-10-23-28-25-19(26(33)29-23)16-27-31(25)18-5-2-1-3-6-18/h1-3,5-6,8-9,15-16,20H,4,7,10-14H2,(H,28,29,33)/t20-/m0/s1. The summed E-state index contributed by atoms with van der Waals surface area (Å²) in [5.74, 6) is 2.00. The fourth-order valence-corrected chi connectivity index (χ4v) is 4.89. The maximum atomic E-state index is 13.2. The number of benzene rings is 2. The second-order valence-electron chi connectivity index (χ2n) is 8.79. The monoisotopic (exact) mass is 471 g/mol. The average molecular weight is 472 g/mol. The van der Waals surface area contributed by atoms with Crippen LogP contribution in [0.1, 0.15) is 36.7 Å². The molecule has 1 atom stereocenters. The van der Waals surface area contributed by atoms with Crippen molar-refractivity contribution in [3.05, 3.63) is 76.5 Å². The number of hydrogen-bond donors (Lipinski definition) is 1. The second kappa shape index (κ2) is 8.90. The van der Waals surface area contributed by atoms with E-state index >= 15 is 0 Å². The normalized spacial score (nSPS) is 17.1. The smallest absolute Gasteiger partial charge is 0.262 e. The van der Waals surface area contributed by atoms with Crippen LogP contribution >= 0.6 is 0 Å². The molecule has 0 aliphatic carbocycles. The van der Waals surface area contributed by atoms with Crippen molar-refractivity contribution in [3.8, 4) is 17.2 Å². The first-order valence-corrected chi connectivity index (χ1v) is 11.9. The Morgan fingerprint density at radius 2 is 1.91 bits per heavy atom. The molecular weight excluding hydrogens is 446 g/mol. The number of carbonyl (C=O) groups excluding carboxylic acids is 1. The van der Waals surface area contributed by atoms with Gasteiger partial charge in [-0.25, -0.2) is 9.67 Å². The lowest BCUT2D eigenvalue weighted by atomic mass is 10.0. The van der Waals surface area contributed by atoms with Gasteiger partial charge in [-0.05, 0) is 42.7 Å². The third-order valence-corrected chi connectivity index (χ3v) is 6.59. The Bertz CT molecular complexity index is 1450. The molecule has 9 heteroatoms. The number of para-hydroxylation sites is 1. The molecule has 4 heterocycles. The van der Waals surface area contributed by atoms with Gasteiger partial charge < -0.3 is 19.4 Å². The summed E-state index contributed by atoms with van der Waals surface area (Å²) in [7, 11) is 0. The van der Waals surface area contributed by atoms with Gasteiger partial charge in [-0.3, -0.25) is 9.59 Å². The molecule has 4 aromatic rings. The highest BCUT2D eigenvalue weighted by atomic mass is 16.6. The topological polar surface area (TPSA) is 102 Å². The van der Waals surface area contributed by atoms with E-state index in [0.717, 1.165) is 35.6 Å². The summed E-state index contributed by atoms with van der Waals surface area (Å²) in [5.41, 5.74) is 2.11. The Kier molecular flexibility index (Phi) is 5.44. The average Bonchev–Trinajstić information content (AvgIpc) is 3.56. The molecule has 2 aliphatic rings. The van der Waals surface area contributed by atoms with Crippen molar-refractivity contribution in [2.24, 2.45) is 0 Å². The number of carbonyl (C=O) groups is 1. The van der Waals surface area contributed by atoms with Crippen LogP contribution in [0.2, 0.25) is 0 Å². The fourth-order valence-electron chi connectivity index (χ4n) is 4.89. The number of fused-ring (bicyclic) bond motifs is 2. The zero-order chi connectivity index (χ0) is 23.8. The largest absolute Gasteiger partial charge is 0.486 e. The van der Waals surface area contributed by atoms with E-state index < -0.39 is 0 Å². The highest BCUT2D eigenvalue weighted by Gasteiger charge is 2.30. The number of nitrogens with one attached hydrogen (secondary N) is 1. The van der Waals surface area contributed by atoms with Gasteiger partial charge in [0.05, 0.1) is 17.9 Å². The molecule has 9 nitrogen and oxygen atoms in total. The second-order valence-corrected chi connectivity index (χ2v) is 8.79. The number of ether oxygens (including phenoxy) is 2. The van der Waals surface area contributed by atoms with Gasteiger partial charge in [-0.15, -0.1) is 0 Å². The van der Waals surface area contributed by atoms with Crippen LogP contribution in [-0.4, -0.2) is 50.3 Å². The van der Waals surface area contributed by atoms with Gasteiger partial charge in [0.1, 0.15) is 24.4 Å². The molecule has 35 heavy (non-hydrogen) atoms. The van der Waals surface area contributed by atoms with Crippen molar-refractivity contribution < 1.29 is 14.3 Å². The molecule has 1 fully saturated rings. The van der Waals surface area contributed by atoms with E-state index in [1.54, 1.807) is 4.68 Å². The molecule has 2 aromatic carbocycles. The van der Waals surface area contributed by atoms with Crippen LogP contribution in [0.3, 0.4) is 0 Å². The Hall–Kier alpha value is -4.14. The Labute approximate surface area is 201 Å². The van der Waals surface area contributed by atoms with Crippen molar-refractivity contribution in [3.63, 3.8) is 0 Å². The summed E-state index contributed by atoms with van der Waals surface area (Å²) in [5, 5.41) is 4.76. The minimum absolute atomic E-state index is 0.00678. The molecule has 1 saturated heterocycles. The van der Waals surface area contributed by atoms with Gasteiger partial charge >= 0.3 is 0 Å². The van der Waals surface area contributed by atoms with Crippen LogP contribution in [0, 0.1) is 0 Å². The van der Waals surface area contributed by atoms with Gasteiger partial charge in [0.25, 0.3) is 5.56 Å². The number of nitrogens with zero attached hydrogens (tertiary/aromatic N) is 4. The van der Waals surface area contributed by atoms with Gasteiger partial charge in [0, 0.05) is 19.4 Å². The first-order valence-electron chi connectivity index (χ1n) is 11.9. The van der Waals surface area contributed by atoms with Crippen LogP contribution in [0.5, 0.6) is 11.5 Å². The molecule has 0 saturated carbocycles. The number of aromatic amines is 1. The molecule has 2 aliphatic heterocycles. The Morgan fingerprint density at radius 1 is 1.09 bits per heavy atom. The van der Waals surface area contributed by atoms with Crippen LogP contribution in [0.15, 0.2) is 59.5 Å². The highest BCUT2D eigenvalue weighted by molar-refractivity contribution is 5.78. The number of H-pyrrole nitrogens is 1. The predicted octanol–water partition coefficient (Wildman–Crippen LogP) is 3.18. The fraction of sp³-hybridized carbons (Fsp3) is 0.308. The molecule has 0 bridgehead atoms. The lowest BCUT2D eigenvalue weighted by Gasteiger charge is -2.26. The molecule has 2 aromatic heterocycles. The van der Waals surface area contributed by atoms with Crippen LogP contribution in [0.25, 0.3) is 16.7 Å². The SMILES string of the molecule is O=C(CCc1nc2c(cnn2-c2ccccc2)c(=O)[nH]1)N1CCC[C@H]1c1ccc2c(c1)OCCO2. The molecule has 178 valence electrons. The Morgan fingerprint density at radius 3 is 2.77 bits per heavy atom. The van der Waals surface area contributed by atoms with E-state index in [9.17, 15) is 9.59 Å². The van der Waals surface area contributed by atoms with Crippen LogP contribution < -0.4 is 15.0 Å². The van der Waals surface area contributed by atoms with E-state index in [2.05, 4.69) is 15.1 Å². The van der Waals surface area contributed by atoms with Gasteiger partial charge in [0.2, 0.25) is 5.91 Å². The van der Waals surface area contributed by atoms with Gasteiger partial charge in [-0.1, -0.05) is 24.3 Å². The third kappa shape index (κ3) is 4.03. The van der Waals surface area contributed by atoms with Crippen molar-refractivity contribution in [2.45, 2.75) is 31.7 Å². The lowest BCUT2D eigenvalue weighted by Crippen LogP contribution is -2.31. The zero-order valence-electron chi connectivity index (χ0n) is 19.1. The molecule has 1 amide bonds. The van der Waals surface area contributed by atoms with E-state index in [4.69, 9.17) is 9.47 Å². The minimum Gasteiger partial charge on any atom is -0.486 e. The van der Waals surface area contributed by atoms with Crippen molar-refractivity contribution in [2.75, 3.05) is 19.8 Å². The lowest BCUT2D eigenvalue weighted by molar-refractivity contribution is -0.132. The number of likely N-dealkylation sites (tertiary alicyclic amines) is 1. The predicted molar refractivity (Wildman–Crippen MR) is 129 cm³/mol. The zero-order valence-corrected chi connectivity index (χ0v) is 19.1. The minimum atomic E-state index is -0.255. The maximum absolute atomic E-state index is 13.2. The summed E-state index contributed by atoms with van der Waals surface area (Å²) in [6, 6.07) is 15.5. The third-order valence-electron chi connectivity index (χ3n) is 6.59. The quantitative estimate of drug-likeness (QED) is 0.480. The summed E-state index contributed by atoms with van der Waals surface area (Å²) in [6.45, 7) is 1.79. The van der Waals surface area contributed by atoms with Crippen LogP contribution in [-0.2, 0) is 11.2 Å². The molecule has 6 rings (SSSR count). The molecule has 0 radical (unpaired) electrons. The number of aromatic nitrogens is 4. The number of aryl methyl sites for hydroxylation is 1. The highest BCUT2D eigenvalue weighted by Crippen LogP contribution is 2.38. The maximum Gasteiger partial charge on any atom is 0.262 e. The summed E-state index contributed by atoms with van der Waals surface area (Å²) < 4.78 is 13.0. The first kappa shape index (κ1) is 21.4.